The van der Waals surface area contributed by atoms with Gasteiger partial charge in [-0.05, 0) is 23.7 Å². The number of hydrogen-bond acceptors (Lipinski definition) is 1. The van der Waals surface area contributed by atoms with E-state index in [1.807, 2.05) is 36.7 Å². The third-order valence-electron chi connectivity index (χ3n) is 3.28. The highest BCUT2D eigenvalue weighted by molar-refractivity contribution is 6.78. The maximum Gasteiger partial charge on any atom is 0.0483 e. The van der Waals surface area contributed by atoms with Crippen LogP contribution in [0, 0.1) is 0 Å². The lowest BCUT2D eigenvalue weighted by Crippen LogP contribution is -2.25. The molecule has 0 aliphatic carbocycles. The molecule has 0 saturated heterocycles. The molecule has 23 heavy (non-hydrogen) atoms. The van der Waals surface area contributed by atoms with E-state index in [1.54, 1.807) is 5.57 Å². The second-order valence-corrected chi connectivity index (χ2v) is 19.6. The second kappa shape index (κ2) is 9.19. The zero-order valence-corrected chi connectivity index (χ0v) is 17.8. The third-order valence-corrected chi connectivity index (χ3v) is 6.31. The summed E-state index contributed by atoms with van der Waals surface area (Å²) in [5.41, 5.74) is 2.86. The molecule has 0 aliphatic rings. The minimum absolute atomic E-state index is 0.948. The Hall–Kier alpha value is -1.20. The van der Waals surface area contributed by atoms with Crippen LogP contribution in [0.25, 0.3) is 6.08 Å². The topological polar surface area (TPSA) is 12.4 Å². The molecule has 1 rings (SSSR count). The van der Waals surface area contributed by atoms with Gasteiger partial charge < -0.3 is 0 Å². The first kappa shape index (κ1) is 19.8. The summed E-state index contributed by atoms with van der Waals surface area (Å²) in [6.45, 7) is 14.8. The summed E-state index contributed by atoms with van der Waals surface area (Å²) < 4.78 is 0. The third kappa shape index (κ3) is 11.0. The molecule has 0 bridgehead atoms. The Morgan fingerprint density at radius 1 is 0.913 bits per heavy atom. The number of hydrogen-bond donors (Lipinski definition) is 0. The summed E-state index contributed by atoms with van der Waals surface area (Å²) in [6, 6.07) is 13.0. The van der Waals surface area contributed by atoms with Gasteiger partial charge >= 0.3 is 0 Å². The average Bonchev–Trinajstić information content (AvgIpc) is 2.40. The van der Waals surface area contributed by atoms with Gasteiger partial charge in [-0.2, -0.15) is 0 Å². The maximum absolute atomic E-state index is 4.40. The van der Waals surface area contributed by atoms with E-state index in [1.165, 1.54) is 17.7 Å². The highest BCUT2D eigenvalue weighted by atomic mass is 28.3. The van der Waals surface area contributed by atoms with Gasteiger partial charge in [0.25, 0.3) is 0 Å². The summed E-state index contributed by atoms with van der Waals surface area (Å²) in [5, 5.41) is 0. The summed E-state index contributed by atoms with van der Waals surface area (Å²) in [7, 11) is -2.09. The van der Waals surface area contributed by atoms with Gasteiger partial charge in [0.15, 0.2) is 0 Å². The van der Waals surface area contributed by atoms with Gasteiger partial charge in [-0.15, -0.1) is 0 Å². The van der Waals surface area contributed by atoms with Gasteiger partial charge in [-0.25, -0.2) is 0 Å². The summed E-state index contributed by atoms with van der Waals surface area (Å²) in [4.78, 5) is 4.40. The van der Waals surface area contributed by atoms with Gasteiger partial charge in [0.2, 0.25) is 0 Å². The van der Waals surface area contributed by atoms with E-state index in [2.05, 4.69) is 62.5 Å². The Labute approximate surface area is 145 Å². The van der Waals surface area contributed by atoms with Gasteiger partial charge in [0.05, 0.1) is 0 Å². The van der Waals surface area contributed by atoms with Crippen LogP contribution >= 0.6 is 0 Å². The van der Waals surface area contributed by atoms with E-state index >= 15 is 0 Å². The Balaban J connectivity index is 2.59. The van der Waals surface area contributed by atoms with Crippen molar-refractivity contribution in [3.8, 4) is 0 Å². The van der Waals surface area contributed by atoms with Crippen molar-refractivity contribution in [3.05, 3.63) is 53.7 Å². The molecule has 0 unspecified atom stereocenters. The molecule has 126 valence electrons. The molecule has 3 heteroatoms. The number of rotatable bonds is 8. The molecule has 0 radical (unpaired) electrons. The van der Waals surface area contributed by atoms with Crippen LogP contribution in [0.4, 0.5) is 0 Å². The summed E-state index contributed by atoms with van der Waals surface area (Å²) in [6.07, 6.45) is 9.33. The first-order chi connectivity index (χ1) is 10.7. The first-order valence-electron chi connectivity index (χ1n) is 8.57. The predicted octanol–water partition coefficient (Wildman–Crippen LogP) is 6.72. The molecule has 0 heterocycles. The van der Waals surface area contributed by atoms with Gasteiger partial charge in [0.1, 0.15) is 0 Å². The molecular weight excluding hydrogens is 310 g/mol. The van der Waals surface area contributed by atoms with Crippen LogP contribution in [0.15, 0.2) is 53.2 Å². The van der Waals surface area contributed by atoms with E-state index in [0.717, 1.165) is 6.42 Å². The molecule has 0 amide bonds. The fourth-order valence-electron chi connectivity index (χ4n) is 2.60. The fraction of sp³-hybridized carbons (Fsp3) is 0.450. The largest absolute Gasteiger partial charge is 0.269 e. The minimum Gasteiger partial charge on any atom is -0.269 e. The SMILES string of the molecule is C[Si](C)(C)CC(=CCC=N/C=C/c1ccccc1)C[Si](C)(C)C. The van der Waals surface area contributed by atoms with Crippen molar-refractivity contribution < 1.29 is 0 Å². The molecule has 0 fully saturated rings. The summed E-state index contributed by atoms with van der Waals surface area (Å²) in [5.74, 6) is 0. The second-order valence-electron chi connectivity index (χ2n) is 8.63. The van der Waals surface area contributed by atoms with Crippen molar-refractivity contribution in [2.45, 2.75) is 57.8 Å². The van der Waals surface area contributed by atoms with Crippen LogP contribution in [0.1, 0.15) is 12.0 Å². The Morgan fingerprint density at radius 2 is 1.48 bits per heavy atom. The van der Waals surface area contributed by atoms with E-state index in [0.29, 0.717) is 0 Å². The van der Waals surface area contributed by atoms with Gasteiger partial charge in [0, 0.05) is 35.0 Å². The predicted molar refractivity (Wildman–Crippen MR) is 113 cm³/mol. The minimum atomic E-state index is -1.04. The van der Waals surface area contributed by atoms with Crippen LogP contribution in [-0.4, -0.2) is 22.4 Å². The Morgan fingerprint density at radius 3 is 2.00 bits per heavy atom. The maximum atomic E-state index is 4.40. The standard InChI is InChI=1S/C20H33NSi2/c1-22(2,3)17-20(18-23(4,5)6)13-10-15-21-16-14-19-11-8-7-9-12-19/h7-9,11-16H,10,17-18H2,1-6H3/b16-14+,21-15?. The lowest BCUT2D eigenvalue weighted by molar-refractivity contribution is 1.23. The molecule has 0 atom stereocenters. The van der Waals surface area contributed by atoms with E-state index in [-0.39, 0.29) is 0 Å². The lowest BCUT2D eigenvalue weighted by atomic mass is 10.2. The van der Waals surface area contributed by atoms with E-state index in [4.69, 9.17) is 0 Å². The van der Waals surface area contributed by atoms with Gasteiger partial charge in [-0.3, -0.25) is 4.99 Å². The quantitative estimate of drug-likeness (QED) is 0.282. The van der Waals surface area contributed by atoms with E-state index < -0.39 is 16.1 Å². The Kier molecular flexibility index (Phi) is 7.93. The molecule has 0 aliphatic heterocycles. The molecule has 0 aromatic heterocycles. The van der Waals surface area contributed by atoms with Crippen molar-refractivity contribution >= 4 is 28.4 Å². The fourth-order valence-corrected chi connectivity index (χ4v) is 6.12. The molecule has 0 N–H and O–H groups in total. The number of benzene rings is 1. The molecule has 0 saturated carbocycles. The zero-order chi connectivity index (χ0) is 17.3. The molecule has 1 aromatic rings. The van der Waals surface area contributed by atoms with Crippen molar-refractivity contribution in [1.29, 1.82) is 0 Å². The zero-order valence-electron chi connectivity index (χ0n) is 15.8. The van der Waals surface area contributed by atoms with Crippen molar-refractivity contribution in [1.82, 2.24) is 0 Å². The lowest BCUT2D eigenvalue weighted by Gasteiger charge is -2.23. The first-order valence-corrected chi connectivity index (χ1v) is 16.0. The smallest absolute Gasteiger partial charge is 0.0483 e. The van der Waals surface area contributed by atoms with E-state index in [9.17, 15) is 0 Å². The highest BCUT2D eigenvalue weighted by Crippen LogP contribution is 2.25. The van der Waals surface area contributed by atoms with Crippen LogP contribution < -0.4 is 0 Å². The Bertz CT molecular complexity index is 525. The molecule has 1 aromatic carbocycles. The van der Waals surface area contributed by atoms with Gasteiger partial charge in [-0.1, -0.05) is 81.3 Å². The number of allylic oxidation sites excluding steroid dienone is 2. The van der Waals surface area contributed by atoms with Crippen molar-refractivity contribution in [2.75, 3.05) is 0 Å². The normalized spacial score (nSPS) is 13.0. The highest BCUT2D eigenvalue weighted by Gasteiger charge is 2.20. The van der Waals surface area contributed by atoms with Crippen LogP contribution in [0.5, 0.6) is 0 Å². The van der Waals surface area contributed by atoms with Crippen molar-refractivity contribution in [3.63, 3.8) is 0 Å². The monoisotopic (exact) mass is 343 g/mol. The van der Waals surface area contributed by atoms with Crippen LogP contribution in [0.3, 0.4) is 0 Å². The molecule has 0 spiro atoms. The van der Waals surface area contributed by atoms with Crippen molar-refractivity contribution in [2.24, 2.45) is 4.99 Å². The molecule has 1 nitrogen and oxygen atoms in total. The van der Waals surface area contributed by atoms with Crippen LogP contribution in [-0.2, 0) is 0 Å². The summed E-state index contributed by atoms with van der Waals surface area (Å²) >= 11 is 0. The number of nitrogens with zero attached hydrogens (tertiary/aromatic N) is 1. The molecular formula is C20H33NSi2. The average molecular weight is 344 g/mol. The number of aliphatic imine (C=N–C) groups is 1. The van der Waals surface area contributed by atoms with Crippen LogP contribution in [0.2, 0.25) is 51.4 Å².